The normalized spacial score (nSPS) is 10.1. The van der Waals surface area contributed by atoms with Gasteiger partial charge in [-0.15, -0.1) is 0 Å². The molecule has 0 atom stereocenters. The smallest absolute Gasteiger partial charge is 0.212 e. The van der Waals surface area contributed by atoms with Crippen molar-refractivity contribution in [1.29, 1.82) is 0 Å². The van der Waals surface area contributed by atoms with Crippen LogP contribution in [0, 0.1) is 10.8 Å². The van der Waals surface area contributed by atoms with Crippen molar-refractivity contribution >= 4 is 7.82 Å². The zero-order valence-corrected chi connectivity index (χ0v) is 7.73. The molecule has 0 aromatic rings. The predicted molar refractivity (Wildman–Crippen MR) is 31.5 cm³/mol. The zero-order valence-electron chi connectivity index (χ0n) is 5.94. The minimum atomic E-state index is -5.39. The highest BCUT2D eigenvalue weighted by atomic mass is 35.5. The fourth-order valence-electron chi connectivity index (χ4n) is 0.224. The minimum Gasteiger partial charge on any atom is -0.822 e. The summed E-state index contributed by atoms with van der Waals surface area (Å²) in [5, 5.41) is 0. The predicted octanol–water partition coefficient (Wildman–Crippen LogP) is -2.25. The van der Waals surface area contributed by atoms with Gasteiger partial charge in [0.15, 0.2) is 0 Å². The maximum atomic E-state index is 8.55. The third-order valence-corrected chi connectivity index (χ3v) is 1.34. The molecule has 64 valence electrons. The first-order valence-electron chi connectivity index (χ1n) is 2.78. The monoisotopic (exact) mass is 190 g/mol. The lowest BCUT2D eigenvalue weighted by atomic mass is 11.0. The Morgan fingerprint density at radius 1 is 1.20 bits per heavy atom. The molecule has 0 unspecified atom stereocenters. The lowest BCUT2D eigenvalue weighted by Gasteiger charge is -2.36. The first-order valence-corrected chi connectivity index (χ1v) is 5.50. The third kappa shape index (κ3) is 79.9. The Balaban J connectivity index is 0. The van der Waals surface area contributed by atoms with Gasteiger partial charge in [0.2, 0.25) is 11.8 Å². The highest BCUT2D eigenvalue weighted by Gasteiger charge is 1.73. The molecule has 6 heteroatoms. The van der Waals surface area contributed by atoms with Gasteiger partial charge in [0.1, 0.15) is 0 Å². The third-order valence-electron chi connectivity index (χ3n) is 0.447. The van der Waals surface area contributed by atoms with Crippen molar-refractivity contribution in [2.45, 2.75) is 13.8 Å². The van der Waals surface area contributed by atoms with Gasteiger partial charge in [-0.05, 0) is 0 Å². The molecule has 0 aliphatic rings. The van der Waals surface area contributed by atoms with Gasteiger partial charge in [0, 0.05) is 0 Å². The van der Waals surface area contributed by atoms with E-state index < -0.39 is 7.82 Å². The fraction of sp³-hybridized carbons (Fsp3) is 1.00. The first-order chi connectivity index (χ1) is 4.41. The van der Waals surface area contributed by atoms with E-state index in [1.807, 2.05) is 0 Å². The van der Waals surface area contributed by atoms with Crippen LogP contribution < -0.4 is 14.7 Å². The second-order valence-electron chi connectivity index (χ2n) is 1.30. The Kier molecular flexibility index (Phi) is 9.78. The van der Waals surface area contributed by atoms with Crippen molar-refractivity contribution in [3.05, 3.63) is 0 Å². The van der Waals surface area contributed by atoms with E-state index in [-0.39, 0.29) is 0 Å². The number of rotatable bonds is 2. The highest BCUT2D eigenvalue weighted by molar-refractivity contribution is 7.40. The van der Waals surface area contributed by atoms with E-state index in [4.69, 9.17) is 19.2 Å². The Morgan fingerprint density at radius 3 is 1.40 bits per heavy atom. The van der Waals surface area contributed by atoms with Crippen LogP contribution in [-0.2, 0) is 4.57 Å². The van der Waals surface area contributed by atoms with Gasteiger partial charge in [0.05, 0.1) is 13.8 Å². The second-order valence-corrected chi connectivity index (χ2v) is 3.91. The molecule has 0 spiro atoms. The van der Waals surface area contributed by atoms with Crippen LogP contribution in [0.5, 0.6) is 0 Å². The largest absolute Gasteiger partial charge is 0.822 e. The number of alkyl halides is 2. The highest BCUT2D eigenvalue weighted by Crippen LogP contribution is 2.03. The second kappa shape index (κ2) is 7.51. The summed E-state index contributed by atoms with van der Waals surface area (Å²) in [5.41, 5.74) is 0. The van der Waals surface area contributed by atoms with Crippen LogP contribution in [-0.4, -0.2) is 11.8 Å². The Labute approximate surface area is 64.2 Å². The lowest BCUT2D eigenvalue weighted by Crippen LogP contribution is -2.24. The average molecular weight is 191 g/mol. The van der Waals surface area contributed by atoms with Crippen LogP contribution in [0.3, 0.4) is 0 Å². The average Bonchev–Trinajstić information content (AvgIpc) is 1.63. The van der Waals surface area contributed by atoms with Crippen LogP contribution in [0.25, 0.3) is 0 Å². The first kappa shape index (κ1) is 13.0. The van der Waals surface area contributed by atoms with Gasteiger partial charge in [-0.3, -0.25) is 0 Å². The topological polar surface area (TPSA) is 86.2 Å². The van der Waals surface area contributed by atoms with Crippen molar-refractivity contribution < 1.29 is 30.0 Å². The van der Waals surface area contributed by atoms with Crippen LogP contribution >= 0.6 is 7.82 Å². The standard InChI is InChI=1S/C4H10Cl.H3O4P/c1-3-5-4-2;1-5(2,3)4/h3-4H2,1-2H3;(H3,1,2,3,4)/q+3;/p-3. The molecule has 0 saturated carbocycles. The number of hydrogen-bond acceptors (Lipinski definition) is 4. The molecule has 0 radical (unpaired) electrons. The molecule has 0 N–H and O–H groups in total. The summed E-state index contributed by atoms with van der Waals surface area (Å²) in [6.45, 7) is 4.40. The summed E-state index contributed by atoms with van der Waals surface area (Å²) in [7, 11) is -3.81. The molecule has 0 bridgehead atoms. The Bertz CT molecular complexity index is 91.2. The molecule has 0 amide bonds. The van der Waals surface area contributed by atoms with Crippen molar-refractivity contribution in [2.24, 2.45) is 0 Å². The minimum absolute atomic E-state index is 1.32. The molecule has 0 aliphatic heterocycles. The Hall–Kier alpha value is 0.400. The molecular weight excluding hydrogens is 178 g/mol. The van der Waals surface area contributed by atoms with Gasteiger partial charge in [-0.1, -0.05) is 0 Å². The van der Waals surface area contributed by atoms with E-state index in [1.165, 1.54) is 11.8 Å². The quantitative estimate of drug-likeness (QED) is 0.364. The van der Waals surface area contributed by atoms with Gasteiger partial charge < -0.3 is 30.0 Å². The molecule has 0 saturated heterocycles. The number of phosphoric acid groups is 1. The molecule has 0 aliphatic carbocycles. The van der Waals surface area contributed by atoms with Crippen LogP contribution in [0.15, 0.2) is 0 Å². The van der Waals surface area contributed by atoms with Crippen LogP contribution in [0.4, 0.5) is 0 Å². The maximum absolute atomic E-state index is 8.55. The summed E-state index contributed by atoms with van der Waals surface area (Å²) in [6, 6.07) is 0. The summed E-state index contributed by atoms with van der Waals surface area (Å²) in [6.07, 6.45) is 0. The van der Waals surface area contributed by atoms with Gasteiger partial charge in [-0.2, -0.15) is 7.82 Å². The molecular formula is C4H12ClO4P. The van der Waals surface area contributed by atoms with Crippen molar-refractivity contribution in [1.82, 2.24) is 0 Å². The summed E-state index contributed by atoms with van der Waals surface area (Å²) < 4.78 is 8.55. The van der Waals surface area contributed by atoms with Crippen LogP contribution in [0.1, 0.15) is 13.8 Å². The molecule has 10 heavy (non-hydrogen) atoms. The van der Waals surface area contributed by atoms with E-state index in [0.29, 0.717) is 0 Å². The molecule has 0 aromatic heterocycles. The zero-order chi connectivity index (χ0) is 8.62. The number of hydrogen-bond donors (Lipinski definition) is 0. The van der Waals surface area contributed by atoms with E-state index in [2.05, 4.69) is 13.8 Å². The molecule has 0 fully saturated rings. The fourth-order valence-corrected chi connectivity index (χ4v) is 0.671. The number of halogens is 1. The summed E-state index contributed by atoms with van der Waals surface area (Å²) in [5.74, 6) is 2.63. The summed E-state index contributed by atoms with van der Waals surface area (Å²) in [4.78, 5) is 25.6. The van der Waals surface area contributed by atoms with E-state index >= 15 is 0 Å². The molecule has 4 nitrogen and oxygen atoms in total. The molecule has 0 rings (SSSR count). The SMILES string of the molecule is CC[ClH2+3]CC.O=P([O-])([O-])[O-]. The Morgan fingerprint density at radius 2 is 1.40 bits per heavy atom. The van der Waals surface area contributed by atoms with Gasteiger partial charge >= 0.3 is 0 Å². The summed E-state index contributed by atoms with van der Waals surface area (Å²) >= 11 is 0. The van der Waals surface area contributed by atoms with Gasteiger partial charge in [-0.25, -0.2) is 0 Å². The van der Waals surface area contributed by atoms with Crippen LogP contribution in [0.2, 0.25) is 0 Å². The van der Waals surface area contributed by atoms with Crippen molar-refractivity contribution in [3.8, 4) is 0 Å². The van der Waals surface area contributed by atoms with Gasteiger partial charge in [0.25, 0.3) is 0 Å². The maximum Gasteiger partial charge on any atom is 0.212 e. The van der Waals surface area contributed by atoms with E-state index in [9.17, 15) is 0 Å². The lowest BCUT2D eigenvalue weighted by molar-refractivity contribution is -0.648. The van der Waals surface area contributed by atoms with Crippen molar-refractivity contribution in [2.75, 3.05) is 11.8 Å². The van der Waals surface area contributed by atoms with E-state index in [1.54, 1.807) is 10.8 Å². The van der Waals surface area contributed by atoms with E-state index in [0.717, 1.165) is 0 Å². The molecule has 0 heterocycles. The van der Waals surface area contributed by atoms with Crippen molar-refractivity contribution in [3.63, 3.8) is 0 Å². The molecule has 0 aromatic carbocycles.